The molecule has 3 rings (SSSR count). The highest BCUT2D eigenvalue weighted by atomic mass is 19.1. The van der Waals surface area contributed by atoms with Crippen LogP contribution >= 0.6 is 0 Å². The third kappa shape index (κ3) is 3.02. The molecule has 0 aliphatic heterocycles. The van der Waals surface area contributed by atoms with Crippen LogP contribution in [0.5, 0.6) is 0 Å². The van der Waals surface area contributed by atoms with Crippen LogP contribution in [0.1, 0.15) is 44.2 Å². The van der Waals surface area contributed by atoms with Crippen molar-refractivity contribution in [1.82, 2.24) is 20.1 Å². The fraction of sp³-hybridized carbons (Fsp3) is 0.471. The predicted molar refractivity (Wildman–Crippen MR) is 84.2 cm³/mol. The number of hydrogen-bond acceptors (Lipinski definition) is 3. The van der Waals surface area contributed by atoms with E-state index in [0.29, 0.717) is 12.8 Å². The van der Waals surface area contributed by atoms with E-state index in [1.807, 2.05) is 0 Å². The van der Waals surface area contributed by atoms with Crippen molar-refractivity contribution in [3.8, 4) is 0 Å². The van der Waals surface area contributed by atoms with Crippen LogP contribution in [0.4, 0.5) is 8.78 Å². The van der Waals surface area contributed by atoms with Crippen LogP contribution in [0.15, 0.2) is 30.9 Å². The van der Waals surface area contributed by atoms with E-state index in [1.165, 1.54) is 35.5 Å². The Labute approximate surface area is 139 Å². The van der Waals surface area contributed by atoms with Crippen molar-refractivity contribution in [2.45, 2.75) is 44.1 Å². The summed E-state index contributed by atoms with van der Waals surface area (Å²) in [4.78, 5) is 16.2. The first-order valence-corrected chi connectivity index (χ1v) is 8.10. The minimum absolute atomic E-state index is 0.0937. The van der Waals surface area contributed by atoms with Gasteiger partial charge >= 0.3 is 0 Å². The number of carbonyl (C=O) groups excluding carboxylic acids is 1. The highest BCUT2D eigenvalue weighted by Crippen LogP contribution is 2.42. The molecule has 1 unspecified atom stereocenters. The zero-order valence-electron chi connectivity index (χ0n) is 13.5. The van der Waals surface area contributed by atoms with Crippen LogP contribution in [-0.4, -0.2) is 27.2 Å². The van der Waals surface area contributed by atoms with E-state index in [2.05, 4.69) is 15.4 Å². The summed E-state index contributed by atoms with van der Waals surface area (Å²) in [6.45, 7) is 1.91. The largest absolute Gasteiger partial charge is 0.353 e. The number of nitrogens with zero attached hydrogens (tertiary/aromatic N) is 3. The van der Waals surface area contributed by atoms with Crippen LogP contribution in [0, 0.1) is 11.6 Å². The van der Waals surface area contributed by atoms with Crippen LogP contribution < -0.4 is 5.32 Å². The van der Waals surface area contributed by atoms with Crippen molar-refractivity contribution in [2.24, 2.45) is 0 Å². The van der Waals surface area contributed by atoms with Gasteiger partial charge in [-0.25, -0.2) is 18.4 Å². The van der Waals surface area contributed by atoms with Gasteiger partial charge in [0.1, 0.15) is 30.3 Å². The highest BCUT2D eigenvalue weighted by Gasteiger charge is 2.40. The van der Waals surface area contributed by atoms with Gasteiger partial charge in [-0.3, -0.25) is 4.79 Å². The average Bonchev–Trinajstić information content (AvgIpc) is 3.24. The van der Waals surface area contributed by atoms with Gasteiger partial charge in [0.25, 0.3) is 0 Å². The molecule has 1 aromatic heterocycles. The molecule has 1 aliphatic rings. The number of aromatic nitrogens is 3. The first kappa shape index (κ1) is 16.5. The summed E-state index contributed by atoms with van der Waals surface area (Å²) in [5.41, 5.74) is -0.594. The lowest BCUT2D eigenvalue weighted by Gasteiger charge is -2.31. The second-order valence-electron chi connectivity index (χ2n) is 6.35. The summed E-state index contributed by atoms with van der Waals surface area (Å²) in [7, 11) is 0. The quantitative estimate of drug-likeness (QED) is 0.915. The molecule has 24 heavy (non-hydrogen) atoms. The van der Waals surface area contributed by atoms with E-state index in [1.54, 1.807) is 6.92 Å². The molecule has 1 aliphatic carbocycles. The molecule has 0 saturated heterocycles. The summed E-state index contributed by atoms with van der Waals surface area (Å²) < 4.78 is 30.0. The van der Waals surface area contributed by atoms with Gasteiger partial charge < -0.3 is 5.32 Å². The fourth-order valence-corrected chi connectivity index (χ4v) is 3.51. The number of rotatable bonds is 5. The second kappa shape index (κ2) is 6.67. The maximum atomic E-state index is 14.3. The highest BCUT2D eigenvalue weighted by molar-refractivity contribution is 5.79. The molecule has 0 radical (unpaired) electrons. The Morgan fingerprint density at radius 1 is 1.33 bits per heavy atom. The lowest BCUT2D eigenvalue weighted by molar-refractivity contribution is -0.124. The maximum Gasteiger partial charge on any atom is 0.244 e. The Hall–Kier alpha value is -2.31. The Balaban J connectivity index is 1.79. The molecular formula is C17H20F2N4O. The monoisotopic (exact) mass is 334 g/mol. The van der Waals surface area contributed by atoms with Gasteiger partial charge in [0.05, 0.1) is 0 Å². The Kier molecular flexibility index (Phi) is 4.59. The third-order valence-electron chi connectivity index (χ3n) is 4.87. The second-order valence-corrected chi connectivity index (χ2v) is 6.35. The van der Waals surface area contributed by atoms with Gasteiger partial charge in [-0.2, -0.15) is 5.10 Å². The van der Waals surface area contributed by atoms with Gasteiger partial charge in [0.2, 0.25) is 5.91 Å². The molecule has 0 spiro atoms. The predicted octanol–water partition coefficient (Wildman–Crippen LogP) is 2.75. The maximum absolute atomic E-state index is 14.3. The summed E-state index contributed by atoms with van der Waals surface area (Å²) >= 11 is 0. The van der Waals surface area contributed by atoms with E-state index >= 15 is 0 Å². The number of amides is 1. The molecule has 7 heteroatoms. The van der Waals surface area contributed by atoms with Crippen LogP contribution in [-0.2, 0) is 10.2 Å². The summed E-state index contributed by atoms with van der Waals surface area (Å²) in [5.74, 6) is -1.34. The minimum atomic E-state index is -0.687. The molecule has 1 heterocycles. The molecule has 1 fully saturated rings. The zero-order valence-corrected chi connectivity index (χ0v) is 13.5. The number of nitrogens with one attached hydrogen (secondary N) is 1. The number of carbonyl (C=O) groups is 1. The van der Waals surface area contributed by atoms with Crippen molar-refractivity contribution in [1.29, 1.82) is 0 Å². The van der Waals surface area contributed by atoms with E-state index in [0.717, 1.165) is 12.8 Å². The number of hydrogen-bond donors (Lipinski definition) is 1. The van der Waals surface area contributed by atoms with E-state index < -0.39 is 23.1 Å². The molecule has 1 atom stereocenters. The van der Waals surface area contributed by atoms with Crippen LogP contribution in [0.3, 0.4) is 0 Å². The molecule has 128 valence electrons. The normalized spacial score (nSPS) is 17.6. The molecule has 1 aromatic carbocycles. The average molecular weight is 334 g/mol. The van der Waals surface area contributed by atoms with Gasteiger partial charge in [0.15, 0.2) is 0 Å². The third-order valence-corrected chi connectivity index (χ3v) is 4.87. The van der Waals surface area contributed by atoms with Gasteiger partial charge in [-0.1, -0.05) is 18.9 Å². The van der Waals surface area contributed by atoms with E-state index in [4.69, 9.17) is 0 Å². The summed E-state index contributed by atoms with van der Waals surface area (Å²) in [6, 6.07) is 3.38. The number of halogens is 2. The van der Waals surface area contributed by atoms with E-state index in [-0.39, 0.29) is 18.0 Å². The fourth-order valence-electron chi connectivity index (χ4n) is 3.51. The first-order chi connectivity index (χ1) is 11.5. The molecular weight excluding hydrogens is 314 g/mol. The van der Waals surface area contributed by atoms with Crippen molar-refractivity contribution in [2.75, 3.05) is 6.54 Å². The topological polar surface area (TPSA) is 59.8 Å². The first-order valence-electron chi connectivity index (χ1n) is 8.10. The number of benzene rings is 1. The standard InChI is InChI=1S/C17H20F2N4O/c1-12(23-11-20-10-22-23)16(24)21-9-17(7-2-3-8-17)15-13(18)5-4-6-14(15)19/h4-6,10-12H,2-3,7-9H2,1H3,(H,21,24). The molecule has 0 bridgehead atoms. The van der Waals surface area contributed by atoms with Crippen LogP contribution in [0.2, 0.25) is 0 Å². The molecule has 1 N–H and O–H groups in total. The Morgan fingerprint density at radius 3 is 2.58 bits per heavy atom. The van der Waals surface area contributed by atoms with Crippen molar-refractivity contribution in [3.05, 3.63) is 48.1 Å². The van der Waals surface area contributed by atoms with Gasteiger partial charge in [-0.05, 0) is 31.9 Å². The summed E-state index contributed by atoms with van der Waals surface area (Å²) in [5, 5.41) is 6.79. The van der Waals surface area contributed by atoms with Crippen molar-refractivity contribution < 1.29 is 13.6 Å². The van der Waals surface area contributed by atoms with Crippen molar-refractivity contribution >= 4 is 5.91 Å². The zero-order chi connectivity index (χ0) is 17.2. The molecule has 1 amide bonds. The molecule has 2 aromatic rings. The summed E-state index contributed by atoms with van der Waals surface area (Å²) in [6.07, 6.45) is 5.92. The van der Waals surface area contributed by atoms with Gasteiger partial charge in [-0.15, -0.1) is 0 Å². The Morgan fingerprint density at radius 2 is 2.00 bits per heavy atom. The minimum Gasteiger partial charge on any atom is -0.353 e. The Bertz CT molecular complexity index is 691. The van der Waals surface area contributed by atoms with Gasteiger partial charge in [0, 0.05) is 17.5 Å². The van der Waals surface area contributed by atoms with E-state index in [9.17, 15) is 13.6 Å². The van der Waals surface area contributed by atoms with Crippen molar-refractivity contribution in [3.63, 3.8) is 0 Å². The lowest BCUT2D eigenvalue weighted by atomic mass is 9.78. The molecule has 5 nitrogen and oxygen atoms in total. The smallest absolute Gasteiger partial charge is 0.244 e. The SMILES string of the molecule is CC(C(=O)NCC1(c2c(F)cccc2F)CCCC1)n1cncn1. The van der Waals surface area contributed by atoms with Crippen LogP contribution in [0.25, 0.3) is 0 Å². The lowest BCUT2D eigenvalue weighted by Crippen LogP contribution is -2.42. The molecule has 1 saturated carbocycles.